The van der Waals surface area contributed by atoms with Crippen molar-refractivity contribution in [2.45, 2.75) is 52.0 Å². The summed E-state index contributed by atoms with van der Waals surface area (Å²) in [7, 11) is 0. The molecule has 1 unspecified atom stereocenters. The lowest BCUT2D eigenvalue weighted by Crippen LogP contribution is -2.31. The molecule has 7 heteroatoms. The molecule has 148 valence electrons. The highest BCUT2D eigenvalue weighted by Gasteiger charge is 2.22. The van der Waals surface area contributed by atoms with E-state index in [0.29, 0.717) is 24.1 Å². The number of hydrogen-bond acceptors (Lipinski definition) is 4. The number of aromatic amines is 1. The van der Waals surface area contributed by atoms with Crippen LogP contribution in [0.5, 0.6) is 0 Å². The molecule has 0 fully saturated rings. The van der Waals surface area contributed by atoms with E-state index >= 15 is 0 Å². The van der Waals surface area contributed by atoms with E-state index in [2.05, 4.69) is 10.3 Å². The highest BCUT2D eigenvalue weighted by molar-refractivity contribution is 5.85. The monoisotopic (exact) mass is 400 g/mol. The van der Waals surface area contributed by atoms with E-state index in [1.54, 1.807) is 13.8 Å². The number of fused-ring (bicyclic) bond motifs is 1. The number of nitriles is 1. The molecule has 4 N–H and O–H groups in total. The number of carbonyl (C=O) groups excluding carboxylic acids is 1. The van der Waals surface area contributed by atoms with E-state index in [1.807, 2.05) is 24.3 Å². The van der Waals surface area contributed by atoms with Crippen LogP contribution < -0.4 is 16.6 Å². The molecule has 0 aliphatic heterocycles. The van der Waals surface area contributed by atoms with Gasteiger partial charge in [-0.3, -0.25) is 9.59 Å². The number of hydrogen-bond donors (Lipinski definition) is 3. The first-order valence-electron chi connectivity index (χ1n) is 9.20. The lowest BCUT2D eigenvalue weighted by molar-refractivity contribution is -0.121. The SMILES string of the molecule is Cc1[nH]c(=O)c(C#N)c(C)c1CCC(=O)NC1CCCc2cc(N)ccc21.Cl. The number of nitrogen functional groups attached to an aromatic ring is 1. The number of rotatable bonds is 4. The summed E-state index contributed by atoms with van der Waals surface area (Å²) in [4.78, 5) is 27.1. The molecule has 0 spiro atoms. The third kappa shape index (κ3) is 4.37. The number of benzene rings is 1. The summed E-state index contributed by atoms with van der Waals surface area (Å²) in [6.07, 6.45) is 3.71. The Morgan fingerprint density at radius 3 is 2.86 bits per heavy atom. The van der Waals surface area contributed by atoms with Gasteiger partial charge < -0.3 is 16.0 Å². The van der Waals surface area contributed by atoms with Crippen LogP contribution in [0, 0.1) is 25.2 Å². The lowest BCUT2D eigenvalue weighted by Gasteiger charge is -2.26. The van der Waals surface area contributed by atoms with Crippen molar-refractivity contribution in [3.05, 3.63) is 62.1 Å². The first kappa shape index (κ1) is 21.5. The molecule has 1 heterocycles. The fraction of sp³-hybridized carbons (Fsp3) is 0.381. The van der Waals surface area contributed by atoms with Crippen LogP contribution in [0.25, 0.3) is 0 Å². The maximum Gasteiger partial charge on any atom is 0.266 e. The number of aromatic nitrogens is 1. The number of carbonyl (C=O) groups is 1. The van der Waals surface area contributed by atoms with Crippen molar-refractivity contribution in [1.29, 1.82) is 5.26 Å². The molecule has 1 aromatic heterocycles. The predicted molar refractivity (Wildman–Crippen MR) is 111 cm³/mol. The zero-order valence-electron chi connectivity index (χ0n) is 16.1. The van der Waals surface area contributed by atoms with Crippen LogP contribution in [0.15, 0.2) is 23.0 Å². The first-order valence-corrected chi connectivity index (χ1v) is 9.20. The van der Waals surface area contributed by atoms with Crippen molar-refractivity contribution < 1.29 is 4.79 Å². The van der Waals surface area contributed by atoms with Crippen LogP contribution in [0.1, 0.15) is 58.8 Å². The number of aryl methyl sites for hydroxylation is 2. The van der Waals surface area contributed by atoms with Crippen LogP contribution in [-0.2, 0) is 17.6 Å². The van der Waals surface area contributed by atoms with Crippen LogP contribution in [0.3, 0.4) is 0 Å². The summed E-state index contributed by atoms with van der Waals surface area (Å²) in [5, 5.41) is 12.3. The Labute approximate surface area is 170 Å². The van der Waals surface area contributed by atoms with Gasteiger partial charge in [0, 0.05) is 17.8 Å². The molecule has 2 aromatic rings. The Balaban J connectivity index is 0.00000280. The molecule has 0 saturated carbocycles. The molecule has 1 aromatic carbocycles. The van der Waals surface area contributed by atoms with Crippen molar-refractivity contribution in [3.8, 4) is 6.07 Å². The summed E-state index contributed by atoms with van der Waals surface area (Å²) in [5.41, 5.74) is 10.9. The van der Waals surface area contributed by atoms with E-state index in [9.17, 15) is 9.59 Å². The molecule has 0 saturated heterocycles. The summed E-state index contributed by atoms with van der Waals surface area (Å²) < 4.78 is 0. The Kier molecular flexibility index (Phi) is 6.87. The molecule has 6 nitrogen and oxygen atoms in total. The Morgan fingerprint density at radius 2 is 2.14 bits per heavy atom. The van der Waals surface area contributed by atoms with Gasteiger partial charge in [0.2, 0.25) is 5.91 Å². The minimum atomic E-state index is -0.376. The standard InChI is InChI=1S/C21H24N4O2.ClH/c1-12-16(13(2)24-21(27)18(12)11-22)8-9-20(26)25-19-5-3-4-14-10-15(23)6-7-17(14)19;/h6-7,10,19H,3-5,8-9,23H2,1-2H3,(H,24,27)(H,25,26);1H. The largest absolute Gasteiger partial charge is 0.399 e. The van der Waals surface area contributed by atoms with Crippen LogP contribution >= 0.6 is 12.4 Å². The number of nitrogens with one attached hydrogen (secondary N) is 2. The van der Waals surface area contributed by atoms with Crippen molar-refractivity contribution in [3.63, 3.8) is 0 Å². The molecule has 0 radical (unpaired) electrons. The van der Waals surface area contributed by atoms with E-state index in [-0.39, 0.29) is 35.5 Å². The fourth-order valence-electron chi connectivity index (χ4n) is 3.91. The van der Waals surface area contributed by atoms with Gasteiger partial charge in [-0.2, -0.15) is 5.26 Å². The van der Waals surface area contributed by atoms with Gasteiger partial charge in [0.05, 0.1) is 6.04 Å². The Morgan fingerprint density at radius 1 is 1.39 bits per heavy atom. The van der Waals surface area contributed by atoms with E-state index in [0.717, 1.165) is 36.1 Å². The number of nitrogens with zero attached hydrogens (tertiary/aromatic N) is 1. The number of halogens is 1. The summed E-state index contributed by atoms with van der Waals surface area (Å²) in [6, 6.07) is 7.82. The van der Waals surface area contributed by atoms with Crippen LogP contribution in [0.4, 0.5) is 5.69 Å². The second kappa shape index (κ2) is 8.94. The summed E-state index contributed by atoms with van der Waals surface area (Å²) in [5.74, 6) is -0.0341. The van der Waals surface area contributed by atoms with Gasteiger partial charge in [0.15, 0.2) is 0 Å². The van der Waals surface area contributed by atoms with Crippen molar-refractivity contribution in [2.24, 2.45) is 0 Å². The van der Waals surface area contributed by atoms with Gasteiger partial charge in [-0.15, -0.1) is 12.4 Å². The normalized spacial score (nSPS) is 15.1. The number of nitrogens with two attached hydrogens (primary N) is 1. The third-order valence-corrected chi connectivity index (χ3v) is 5.34. The highest BCUT2D eigenvalue weighted by atomic mass is 35.5. The third-order valence-electron chi connectivity index (χ3n) is 5.34. The second-order valence-electron chi connectivity index (χ2n) is 7.14. The minimum absolute atomic E-state index is 0. The van der Waals surface area contributed by atoms with Gasteiger partial charge in [-0.1, -0.05) is 6.07 Å². The second-order valence-corrected chi connectivity index (χ2v) is 7.14. The fourth-order valence-corrected chi connectivity index (χ4v) is 3.91. The molecular formula is C21H25ClN4O2. The van der Waals surface area contributed by atoms with Crippen LogP contribution in [0.2, 0.25) is 0 Å². The van der Waals surface area contributed by atoms with Gasteiger partial charge in [-0.25, -0.2) is 0 Å². The van der Waals surface area contributed by atoms with Gasteiger partial charge in [-0.05, 0) is 73.9 Å². The van der Waals surface area contributed by atoms with Gasteiger partial charge in [0.25, 0.3) is 5.56 Å². The number of anilines is 1. The molecule has 1 amide bonds. The molecular weight excluding hydrogens is 376 g/mol. The molecule has 28 heavy (non-hydrogen) atoms. The molecule has 0 bridgehead atoms. The number of amides is 1. The zero-order valence-corrected chi connectivity index (χ0v) is 16.9. The predicted octanol–water partition coefficient (Wildman–Crippen LogP) is 2.99. The quantitative estimate of drug-likeness (QED) is 0.685. The smallest absolute Gasteiger partial charge is 0.266 e. The van der Waals surface area contributed by atoms with E-state index < -0.39 is 0 Å². The van der Waals surface area contributed by atoms with E-state index in [1.165, 1.54) is 5.56 Å². The van der Waals surface area contributed by atoms with Gasteiger partial charge >= 0.3 is 0 Å². The first-order chi connectivity index (χ1) is 12.9. The van der Waals surface area contributed by atoms with E-state index in [4.69, 9.17) is 11.0 Å². The summed E-state index contributed by atoms with van der Waals surface area (Å²) >= 11 is 0. The average Bonchev–Trinajstić information content (AvgIpc) is 2.61. The minimum Gasteiger partial charge on any atom is -0.399 e. The number of pyridine rings is 1. The molecule has 1 aliphatic rings. The van der Waals surface area contributed by atoms with Crippen molar-refractivity contribution >= 4 is 24.0 Å². The lowest BCUT2D eigenvalue weighted by atomic mass is 9.87. The average molecular weight is 401 g/mol. The maximum absolute atomic E-state index is 12.5. The molecule has 1 aliphatic carbocycles. The van der Waals surface area contributed by atoms with Gasteiger partial charge in [0.1, 0.15) is 11.6 Å². The Hall–Kier alpha value is -2.78. The Bertz CT molecular complexity index is 991. The summed E-state index contributed by atoms with van der Waals surface area (Å²) in [6.45, 7) is 3.56. The zero-order chi connectivity index (χ0) is 19.6. The van der Waals surface area contributed by atoms with Crippen molar-refractivity contribution in [1.82, 2.24) is 10.3 Å². The highest BCUT2D eigenvalue weighted by Crippen LogP contribution is 2.31. The number of H-pyrrole nitrogens is 1. The topological polar surface area (TPSA) is 112 Å². The van der Waals surface area contributed by atoms with Crippen LogP contribution in [-0.4, -0.2) is 10.9 Å². The maximum atomic E-state index is 12.5. The molecule has 1 atom stereocenters. The molecule has 3 rings (SSSR count). The van der Waals surface area contributed by atoms with Crippen molar-refractivity contribution in [2.75, 3.05) is 5.73 Å².